The number of alkyl halides is 1. The minimum absolute atomic E-state index is 0.0556. The molecule has 24 heavy (non-hydrogen) atoms. The highest BCUT2D eigenvalue weighted by Crippen LogP contribution is 2.29. The van der Waals surface area contributed by atoms with Gasteiger partial charge in [0, 0.05) is 37.3 Å². The van der Waals surface area contributed by atoms with Crippen LogP contribution in [0.2, 0.25) is 0 Å². The second-order valence-corrected chi connectivity index (χ2v) is 6.59. The van der Waals surface area contributed by atoms with E-state index in [9.17, 15) is 14.5 Å². The monoisotopic (exact) mass is 338 g/mol. The number of anilines is 1. The fraction of sp³-hybridized carbons (Fsp3) is 0.647. The molecule has 1 saturated heterocycles. The summed E-state index contributed by atoms with van der Waals surface area (Å²) in [6.07, 6.45) is 0.887. The Morgan fingerprint density at radius 3 is 2.92 bits per heavy atom. The van der Waals surface area contributed by atoms with Crippen molar-refractivity contribution in [3.05, 3.63) is 33.9 Å². The molecule has 2 fully saturated rings. The third kappa shape index (κ3) is 4.21. The molecule has 3 unspecified atom stereocenters. The first-order valence-electron chi connectivity index (χ1n) is 8.42. The van der Waals surface area contributed by atoms with Gasteiger partial charge in [0.05, 0.1) is 30.3 Å². The lowest BCUT2D eigenvalue weighted by atomic mass is 10.1. The summed E-state index contributed by atoms with van der Waals surface area (Å²) in [7, 11) is 0. The Morgan fingerprint density at radius 2 is 2.25 bits per heavy atom. The van der Waals surface area contributed by atoms with Crippen LogP contribution in [0.1, 0.15) is 31.7 Å². The number of halogens is 1. The van der Waals surface area contributed by atoms with Gasteiger partial charge in [-0.15, -0.1) is 0 Å². The Kier molecular flexibility index (Phi) is 5.30. The Balaban J connectivity index is 1.74. The molecule has 0 spiro atoms. The summed E-state index contributed by atoms with van der Waals surface area (Å²) in [5.41, 5.74) is 1.62. The average Bonchev–Trinajstić information content (AvgIpc) is 2.98. The molecule has 1 saturated carbocycles. The molecular weight excluding hydrogens is 315 g/mol. The van der Waals surface area contributed by atoms with Gasteiger partial charge in [-0.3, -0.25) is 10.1 Å². The molecule has 1 aromatic carbocycles. The van der Waals surface area contributed by atoms with Crippen LogP contribution in [0, 0.1) is 10.1 Å². The van der Waals surface area contributed by atoms with Crippen LogP contribution in [0.15, 0.2) is 18.2 Å². The SMILES string of the molecule is CC1CN(c2cc(COC3CCC(F)C3)cc([N+](=O)[O-])c2)CCO1. The van der Waals surface area contributed by atoms with Crippen LogP contribution in [0.4, 0.5) is 15.8 Å². The third-order valence-corrected chi connectivity index (χ3v) is 4.59. The number of nitro benzene ring substituents is 1. The van der Waals surface area contributed by atoms with Gasteiger partial charge in [-0.05, 0) is 31.4 Å². The highest BCUT2D eigenvalue weighted by atomic mass is 19.1. The van der Waals surface area contributed by atoms with E-state index in [4.69, 9.17) is 9.47 Å². The highest BCUT2D eigenvalue weighted by molar-refractivity contribution is 5.56. The number of rotatable bonds is 5. The van der Waals surface area contributed by atoms with Gasteiger partial charge in [0.2, 0.25) is 0 Å². The Hall–Kier alpha value is -1.73. The second-order valence-electron chi connectivity index (χ2n) is 6.59. The standard InChI is InChI=1S/C17H23FN2O4/c1-12-10-19(4-5-23-12)15-6-13(7-16(9-15)20(21)22)11-24-17-3-2-14(18)8-17/h6-7,9,12,14,17H,2-5,8,10-11H2,1H3. The first-order valence-corrected chi connectivity index (χ1v) is 8.42. The summed E-state index contributed by atoms with van der Waals surface area (Å²) in [6, 6.07) is 5.05. The van der Waals surface area contributed by atoms with Crippen LogP contribution in [0.3, 0.4) is 0 Å². The van der Waals surface area contributed by atoms with Crippen LogP contribution in [-0.4, -0.2) is 43.0 Å². The highest BCUT2D eigenvalue weighted by Gasteiger charge is 2.25. The lowest BCUT2D eigenvalue weighted by Gasteiger charge is -2.33. The quantitative estimate of drug-likeness (QED) is 0.609. The zero-order valence-corrected chi connectivity index (χ0v) is 13.8. The van der Waals surface area contributed by atoms with Gasteiger partial charge in [-0.25, -0.2) is 4.39 Å². The molecule has 0 radical (unpaired) electrons. The van der Waals surface area contributed by atoms with Gasteiger partial charge in [-0.1, -0.05) is 0 Å². The van der Waals surface area contributed by atoms with Crippen molar-refractivity contribution in [3.63, 3.8) is 0 Å². The molecule has 2 aliphatic rings. The lowest BCUT2D eigenvalue weighted by Crippen LogP contribution is -2.41. The lowest BCUT2D eigenvalue weighted by molar-refractivity contribution is -0.384. The Labute approximate surface area is 140 Å². The number of hydrogen-bond donors (Lipinski definition) is 0. The summed E-state index contributed by atoms with van der Waals surface area (Å²) in [6.45, 7) is 4.27. The zero-order valence-electron chi connectivity index (χ0n) is 13.8. The molecule has 0 N–H and O–H groups in total. The molecule has 0 bridgehead atoms. The van der Waals surface area contributed by atoms with Crippen molar-refractivity contribution < 1.29 is 18.8 Å². The molecule has 1 aliphatic heterocycles. The molecule has 0 aromatic heterocycles. The van der Waals surface area contributed by atoms with Crippen LogP contribution in [0.25, 0.3) is 0 Å². The molecule has 1 heterocycles. The summed E-state index contributed by atoms with van der Waals surface area (Å²) in [4.78, 5) is 12.9. The minimum atomic E-state index is -0.787. The van der Waals surface area contributed by atoms with Gasteiger partial charge in [0.1, 0.15) is 6.17 Å². The van der Waals surface area contributed by atoms with Crippen LogP contribution in [0.5, 0.6) is 0 Å². The molecule has 1 aliphatic carbocycles. The van der Waals surface area contributed by atoms with E-state index >= 15 is 0 Å². The van der Waals surface area contributed by atoms with Gasteiger partial charge in [0.25, 0.3) is 5.69 Å². The number of benzene rings is 1. The molecule has 6 nitrogen and oxygen atoms in total. The van der Waals surface area contributed by atoms with E-state index in [1.165, 1.54) is 6.07 Å². The number of hydrogen-bond acceptors (Lipinski definition) is 5. The summed E-state index contributed by atoms with van der Waals surface area (Å²) in [5.74, 6) is 0. The first-order chi connectivity index (χ1) is 11.5. The number of non-ortho nitro benzene ring substituents is 1. The summed E-state index contributed by atoms with van der Waals surface area (Å²) >= 11 is 0. The Bertz CT molecular complexity index is 598. The topological polar surface area (TPSA) is 64.8 Å². The number of morpholine rings is 1. The van der Waals surface area contributed by atoms with Crippen molar-refractivity contribution in [1.82, 2.24) is 0 Å². The van der Waals surface area contributed by atoms with Gasteiger partial charge in [-0.2, -0.15) is 0 Å². The molecule has 3 atom stereocenters. The van der Waals surface area contributed by atoms with Crippen molar-refractivity contribution in [2.45, 2.75) is 51.2 Å². The largest absolute Gasteiger partial charge is 0.375 e. The molecular formula is C17H23FN2O4. The van der Waals surface area contributed by atoms with Crippen molar-refractivity contribution in [2.75, 3.05) is 24.6 Å². The van der Waals surface area contributed by atoms with E-state index in [0.29, 0.717) is 39.0 Å². The van der Waals surface area contributed by atoms with Crippen molar-refractivity contribution in [2.24, 2.45) is 0 Å². The molecule has 3 rings (SSSR count). The van der Waals surface area contributed by atoms with E-state index in [0.717, 1.165) is 11.3 Å². The van der Waals surface area contributed by atoms with Crippen LogP contribution >= 0.6 is 0 Å². The van der Waals surface area contributed by atoms with Gasteiger partial charge < -0.3 is 14.4 Å². The minimum Gasteiger partial charge on any atom is -0.375 e. The summed E-state index contributed by atoms with van der Waals surface area (Å²) < 4.78 is 24.5. The molecule has 1 aromatic rings. The fourth-order valence-corrected chi connectivity index (χ4v) is 3.33. The zero-order chi connectivity index (χ0) is 17.1. The average molecular weight is 338 g/mol. The van der Waals surface area contributed by atoms with Gasteiger partial charge in [0.15, 0.2) is 0 Å². The molecule has 132 valence electrons. The fourth-order valence-electron chi connectivity index (χ4n) is 3.33. The van der Waals surface area contributed by atoms with Crippen molar-refractivity contribution in [1.29, 1.82) is 0 Å². The van der Waals surface area contributed by atoms with Crippen LogP contribution in [-0.2, 0) is 16.1 Å². The Morgan fingerprint density at radius 1 is 1.42 bits per heavy atom. The predicted octanol–water partition coefficient (Wildman–Crippen LogP) is 3.23. The maximum atomic E-state index is 13.2. The normalized spacial score (nSPS) is 27.4. The van der Waals surface area contributed by atoms with Crippen molar-refractivity contribution >= 4 is 11.4 Å². The second kappa shape index (κ2) is 7.44. The smallest absolute Gasteiger partial charge is 0.271 e. The van der Waals surface area contributed by atoms with Gasteiger partial charge >= 0.3 is 0 Å². The molecule has 0 amide bonds. The maximum absolute atomic E-state index is 13.2. The predicted molar refractivity (Wildman–Crippen MR) is 88.0 cm³/mol. The first kappa shape index (κ1) is 17.1. The van der Waals surface area contributed by atoms with Crippen LogP contribution < -0.4 is 4.90 Å². The van der Waals surface area contributed by atoms with E-state index < -0.39 is 6.17 Å². The van der Waals surface area contributed by atoms with E-state index in [2.05, 4.69) is 4.90 Å². The number of nitrogens with zero attached hydrogens (tertiary/aromatic N) is 2. The number of ether oxygens (including phenoxy) is 2. The third-order valence-electron chi connectivity index (χ3n) is 4.59. The summed E-state index contributed by atoms with van der Waals surface area (Å²) in [5, 5.41) is 11.2. The number of nitro groups is 1. The maximum Gasteiger partial charge on any atom is 0.271 e. The van der Waals surface area contributed by atoms with E-state index in [1.807, 2.05) is 13.0 Å². The van der Waals surface area contributed by atoms with E-state index in [1.54, 1.807) is 6.07 Å². The van der Waals surface area contributed by atoms with Crippen molar-refractivity contribution in [3.8, 4) is 0 Å². The van der Waals surface area contributed by atoms with E-state index in [-0.39, 0.29) is 29.4 Å². The molecule has 7 heteroatoms.